The van der Waals surface area contributed by atoms with Crippen LogP contribution in [0, 0.1) is 24.2 Å². The summed E-state index contributed by atoms with van der Waals surface area (Å²) in [5.41, 5.74) is 3.26. The van der Waals surface area contributed by atoms with Crippen LogP contribution >= 0.6 is 9.24 Å². The van der Waals surface area contributed by atoms with E-state index in [0.717, 1.165) is 11.1 Å². The van der Waals surface area contributed by atoms with Gasteiger partial charge in [0.1, 0.15) is 0 Å². The van der Waals surface area contributed by atoms with Crippen LogP contribution < -0.4 is 5.32 Å². The first-order chi connectivity index (χ1) is 9.58. The lowest BCUT2D eigenvalue weighted by Gasteiger charge is -2.17. The van der Waals surface area contributed by atoms with Gasteiger partial charge in [-0.3, -0.25) is 4.99 Å². The maximum Gasteiger partial charge on any atom is 0.152 e. The summed E-state index contributed by atoms with van der Waals surface area (Å²) in [7, 11) is 2.11. The Labute approximate surface area is 120 Å². The summed E-state index contributed by atoms with van der Waals surface area (Å²) in [5.74, 6) is -1.64. The van der Waals surface area contributed by atoms with Crippen molar-refractivity contribution in [2.45, 2.75) is 18.9 Å². The van der Waals surface area contributed by atoms with Crippen LogP contribution in [0.1, 0.15) is 17.2 Å². The maximum atomic E-state index is 13.7. The molecule has 2 rings (SSSR count). The Kier molecular flexibility index (Phi) is 4.52. The first kappa shape index (κ1) is 14.7. The van der Waals surface area contributed by atoms with Gasteiger partial charge in [0.05, 0.1) is 30.3 Å². The topological polar surface area (TPSA) is 48.2 Å². The molecule has 0 bridgehead atoms. The monoisotopic (exact) mass is 289 g/mol. The highest BCUT2D eigenvalue weighted by Gasteiger charge is 2.37. The van der Waals surface area contributed by atoms with Gasteiger partial charge in [0.2, 0.25) is 0 Å². The highest BCUT2D eigenvalue weighted by molar-refractivity contribution is 7.17. The predicted molar refractivity (Wildman–Crippen MR) is 82.2 cm³/mol. The van der Waals surface area contributed by atoms with Crippen molar-refractivity contribution < 1.29 is 4.39 Å². The molecule has 104 valence electrons. The normalized spacial score (nSPS) is 23.1. The zero-order valence-electron chi connectivity index (χ0n) is 11.3. The fourth-order valence-electron chi connectivity index (χ4n) is 2.47. The number of aliphatic imine (C=N–C) groups is 1. The Morgan fingerprint density at radius 2 is 2.15 bits per heavy atom. The van der Waals surface area contributed by atoms with Gasteiger partial charge in [-0.25, -0.2) is 4.39 Å². The SMILES string of the molecule is C=NCC1=C(C(F)P)NC(c2ccc(C)cc2)C1C#N. The van der Waals surface area contributed by atoms with E-state index in [1.54, 1.807) is 0 Å². The van der Waals surface area contributed by atoms with Crippen LogP contribution in [-0.2, 0) is 0 Å². The molecule has 5 heteroatoms. The average molecular weight is 289 g/mol. The molecule has 3 nitrogen and oxygen atoms in total. The van der Waals surface area contributed by atoms with Gasteiger partial charge >= 0.3 is 0 Å². The molecule has 1 aromatic carbocycles. The largest absolute Gasteiger partial charge is 0.377 e. The Bertz CT molecular complexity index is 572. The molecule has 20 heavy (non-hydrogen) atoms. The summed E-state index contributed by atoms with van der Waals surface area (Å²) >= 11 is 0. The van der Waals surface area contributed by atoms with Gasteiger partial charge in [0, 0.05) is 0 Å². The van der Waals surface area contributed by atoms with Crippen LogP contribution in [0.25, 0.3) is 0 Å². The van der Waals surface area contributed by atoms with E-state index in [1.165, 1.54) is 0 Å². The van der Waals surface area contributed by atoms with Gasteiger partial charge in [-0.1, -0.05) is 39.1 Å². The number of nitrogens with one attached hydrogen (secondary N) is 1. The standard InChI is InChI=1S/C15H17FN3P/c1-9-3-5-10(6-4-9)13-11(7-17)12(8-18-2)14(19-13)15(16)20/h3-6,11,13,15,19H,2,8,20H2,1H3. The second-order valence-electron chi connectivity index (χ2n) is 4.86. The second kappa shape index (κ2) is 6.15. The zero-order chi connectivity index (χ0) is 14.7. The minimum atomic E-state index is -1.22. The molecule has 0 aliphatic carbocycles. The second-order valence-corrected chi connectivity index (χ2v) is 5.45. The first-order valence-corrected chi connectivity index (χ1v) is 7.03. The number of hydrogen-bond donors (Lipinski definition) is 1. The summed E-state index contributed by atoms with van der Waals surface area (Å²) in [6.45, 7) is 5.73. The summed E-state index contributed by atoms with van der Waals surface area (Å²) in [6.07, 6.45) is 0. The van der Waals surface area contributed by atoms with Crippen molar-refractivity contribution in [3.63, 3.8) is 0 Å². The van der Waals surface area contributed by atoms with Crippen LogP contribution in [0.15, 0.2) is 40.5 Å². The van der Waals surface area contributed by atoms with Crippen LogP contribution in [-0.4, -0.2) is 19.2 Å². The Hall–Kier alpha value is -1.72. The molecule has 1 aromatic rings. The minimum Gasteiger partial charge on any atom is -0.377 e. The van der Waals surface area contributed by atoms with E-state index in [9.17, 15) is 9.65 Å². The van der Waals surface area contributed by atoms with Crippen molar-refractivity contribution in [1.82, 2.24) is 5.32 Å². The molecule has 1 aliphatic rings. The summed E-state index contributed by atoms with van der Waals surface area (Å²) < 4.78 is 13.7. The molecule has 0 spiro atoms. The molecule has 1 N–H and O–H groups in total. The number of nitriles is 1. The van der Waals surface area contributed by atoms with Crippen molar-refractivity contribution in [3.8, 4) is 6.07 Å². The predicted octanol–water partition coefficient (Wildman–Crippen LogP) is 2.90. The van der Waals surface area contributed by atoms with Crippen molar-refractivity contribution in [3.05, 3.63) is 46.7 Å². The van der Waals surface area contributed by atoms with Gasteiger partial charge in [0.25, 0.3) is 0 Å². The smallest absolute Gasteiger partial charge is 0.152 e. The molecule has 1 aliphatic heterocycles. The molecule has 0 saturated heterocycles. The van der Waals surface area contributed by atoms with Gasteiger partial charge in [0.15, 0.2) is 5.91 Å². The maximum absolute atomic E-state index is 13.7. The third kappa shape index (κ3) is 2.73. The van der Waals surface area contributed by atoms with Crippen LogP contribution in [0.5, 0.6) is 0 Å². The van der Waals surface area contributed by atoms with Crippen LogP contribution in [0.4, 0.5) is 4.39 Å². The lowest BCUT2D eigenvalue weighted by molar-refractivity contribution is 0.467. The quantitative estimate of drug-likeness (QED) is 0.684. The lowest BCUT2D eigenvalue weighted by Crippen LogP contribution is -2.21. The Morgan fingerprint density at radius 3 is 2.65 bits per heavy atom. The van der Waals surface area contributed by atoms with E-state index in [2.05, 4.69) is 32.3 Å². The molecule has 0 aromatic heterocycles. The number of nitrogens with zero attached hydrogens (tertiary/aromatic N) is 2. The summed E-state index contributed by atoms with van der Waals surface area (Å²) in [4.78, 5) is 3.82. The molecule has 0 amide bonds. The third-order valence-electron chi connectivity index (χ3n) is 3.50. The first-order valence-electron chi connectivity index (χ1n) is 6.36. The van der Waals surface area contributed by atoms with Crippen LogP contribution in [0.3, 0.4) is 0 Å². The Morgan fingerprint density at radius 1 is 1.50 bits per heavy atom. The number of halogens is 1. The summed E-state index contributed by atoms with van der Waals surface area (Å²) in [5, 5.41) is 12.6. The van der Waals surface area contributed by atoms with Crippen molar-refractivity contribution in [2.24, 2.45) is 10.9 Å². The van der Waals surface area contributed by atoms with Gasteiger partial charge in [-0.2, -0.15) is 5.26 Å². The molecule has 0 radical (unpaired) electrons. The molecular formula is C15H17FN3P. The van der Waals surface area contributed by atoms with E-state index >= 15 is 0 Å². The molecule has 4 unspecified atom stereocenters. The molecule has 0 saturated carbocycles. The molecule has 4 atom stereocenters. The number of rotatable bonds is 4. The number of alkyl halides is 1. The van der Waals surface area contributed by atoms with Crippen molar-refractivity contribution in [1.29, 1.82) is 5.26 Å². The van der Waals surface area contributed by atoms with Crippen LogP contribution in [0.2, 0.25) is 0 Å². The van der Waals surface area contributed by atoms with E-state index < -0.39 is 11.8 Å². The summed E-state index contributed by atoms with van der Waals surface area (Å²) in [6, 6.07) is 9.94. The number of hydrogen-bond acceptors (Lipinski definition) is 3. The van der Waals surface area contributed by atoms with Crippen molar-refractivity contribution in [2.75, 3.05) is 6.54 Å². The van der Waals surface area contributed by atoms with E-state index in [4.69, 9.17) is 0 Å². The van der Waals surface area contributed by atoms with Gasteiger partial charge in [-0.15, -0.1) is 0 Å². The lowest BCUT2D eigenvalue weighted by atomic mass is 9.90. The fraction of sp³-hybridized carbons (Fsp3) is 0.333. The minimum absolute atomic E-state index is 0.230. The average Bonchev–Trinajstić information content (AvgIpc) is 2.79. The fourth-order valence-corrected chi connectivity index (χ4v) is 2.79. The molecule has 1 heterocycles. The third-order valence-corrected chi connectivity index (χ3v) is 3.83. The zero-order valence-corrected chi connectivity index (χ0v) is 12.5. The van der Waals surface area contributed by atoms with Gasteiger partial charge in [-0.05, 0) is 24.8 Å². The van der Waals surface area contributed by atoms with E-state index in [0.29, 0.717) is 11.3 Å². The number of benzene rings is 1. The van der Waals surface area contributed by atoms with E-state index in [-0.39, 0.29) is 12.6 Å². The molecular weight excluding hydrogens is 272 g/mol. The highest BCUT2D eigenvalue weighted by Crippen LogP contribution is 2.38. The Balaban J connectivity index is 2.37. The van der Waals surface area contributed by atoms with Crippen molar-refractivity contribution >= 4 is 16.0 Å². The van der Waals surface area contributed by atoms with E-state index in [1.807, 2.05) is 31.2 Å². The number of aryl methyl sites for hydroxylation is 1. The highest BCUT2D eigenvalue weighted by atomic mass is 31.0. The number of allylic oxidation sites excluding steroid dienone is 1. The molecule has 0 fully saturated rings. The van der Waals surface area contributed by atoms with Gasteiger partial charge < -0.3 is 5.32 Å².